The molecule has 4 heteroatoms. The molecule has 0 bridgehead atoms. The van der Waals surface area contributed by atoms with Crippen molar-refractivity contribution in [1.82, 2.24) is 10.6 Å². The minimum atomic E-state index is 0.279. The molecule has 60 valence electrons. The number of aliphatic hydroxyl groups is 1. The predicted octanol–water partition coefficient (Wildman–Crippen LogP) is -0.566. The Hall–Kier alpha value is 0.230. The topological polar surface area (TPSA) is 44.3 Å². The second-order valence-electron chi connectivity index (χ2n) is 2.48. The van der Waals surface area contributed by atoms with Crippen molar-refractivity contribution in [3.05, 3.63) is 0 Å². The van der Waals surface area contributed by atoms with E-state index in [0.29, 0.717) is 11.4 Å². The molecule has 3 N–H and O–H groups in total. The van der Waals surface area contributed by atoms with Gasteiger partial charge in [-0.1, -0.05) is 0 Å². The minimum absolute atomic E-state index is 0.279. The number of nitrogens with one attached hydrogen (secondary N) is 2. The van der Waals surface area contributed by atoms with Crippen LogP contribution in [-0.4, -0.2) is 36.6 Å². The van der Waals surface area contributed by atoms with Gasteiger partial charge in [0, 0.05) is 25.6 Å². The molecule has 1 aliphatic rings. The summed E-state index contributed by atoms with van der Waals surface area (Å²) in [6, 6.07) is 0. The predicted molar refractivity (Wildman–Crippen MR) is 43.9 cm³/mol. The van der Waals surface area contributed by atoms with Crippen LogP contribution in [0.4, 0.5) is 0 Å². The molecule has 1 fully saturated rings. The largest absolute Gasteiger partial charge is 0.396 e. The summed E-state index contributed by atoms with van der Waals surface area (Å²) in [5, 5.41) is 15.3. The van der Waals surface area contributed by atoms with Gasteiger partial charge in [0.25, 0.3) is 0 Å². The molecule has 0 radical (unpaired) electrons. The van der Waals surface area contributed by atoms with Gasteiger partial charge in [0.05, 0.1) is 0 Å². The molecule has 1 rings (SSSR count). The Balaban J connectivity index is 2.17. The maximum Gasteiger partial charge on any atom is 0.105 e. The second-order valence-corrected chi connectivity index (χ2v) is 3.42. The Morgan fingerprint density at radius 3 is 2.50 bits per heavy atom. The van der Waals surface area contributed by atoms with E-state index in [2.05, 4.69) is 16.9 Å². The van der Waals surface area contributed by atoms with Gasteiger partial charge < -0.3 is 5.11 Å². The number of hydrogen-bond donors (Lipinski definition) is 3. The van der Waals surface area contributed by atoms with Crippen molar-refractivity contribution in [2.45, 2.75) is 5.50 Å². The lowest BCUT2D eigenvalue weighted by Gasteiger charge is -2.28. The number of aliphatic hydroxyl groups excluding tert-OH is 1. The highest BCUT2D eigenvalue weighted by Crippen LogP contribution is 2.05. The lowest BCUT2D eigenvalue weighted by atomic mass is 10.1. The summed E-state index contributed by atoms with van der Waals surface area (Å²) in [5.41, 5.74) is 0.378. The molecule has 0 atom stereocenters. The molecule has 0 aromatic carbocycles. The lowest BCUT2D eigenvalue weighted by molar-refractivity contribution is 0.198. The average Bonchev–Trinajstić information content (AvgIpc) is 2.05. The number of rotatable bonds is 2. The van der Waals surface area contributed by atoms with Crippen molar-refractivity contribution >= 4 is 11.8 Å². The van der Waals surface area contributed by atoms with Crippen LogP contribution < -0.4 is 10.6 Å². The average molecular weight is 162 g/mol. The van der Waals surface area contributed by atoms with Crippen molar-refractivity contribution in [3.63, 3.8) is 0 Å². The van der Waals surface area contributed by atoms with Crippen LogP contribution in [0.1, 0.15) is 0 Å². The normalized spacial score (nSPS) is 34.2. The monoisotopic (exact) mass is 162 g/mol. The number of hydrogen-bond acceptors (Lipinski definition) is 4. The highest BCUT2D eigenvalue weighted by molar-refractivity contribution is 7.99. The molecule has 0 saturated carbocycles. The number of thioether (sulfide) groups is 1. The summed E-state index contributed by atoms with van der Waals surface area (Å²) in [7, 11) is 0. The van der Waals surface area contributed by atoms with Gasteiger partial charge in [0.15, 0.2) is 0 Å². The third-order valence-corrected chi connectivity index (χ3v) is 2.48. The summed E-state index contributed by atoms with van der Waals surface area (Å²) in [6.45, 7) is 2.13. The van der Waals surface area contributed by atoms with Gasteiger partial charge in [-0.2, -0.15) is 0 Å². The summed E-state index contributed by atoms with van der Waals surface area (Å²) in [4.78, 5) is 0. The van der Waals surface area contributed by atoms with E-state index in [-0.39, 0.29) is 6.61 Å². The van der Waals surface area contributed by atoms with E-state index >= 15 is 0 Å². The maximum atomic E-state index is 8.76. The smallest absolute Gasteiger partial charge is 0.105 e. The molecule has 1 heterocycles. The molecule has 0 aromatic heterocycles. The van der Waals surface area contributed by atoms with E-state index in [1.165, 1.54) is 0 Å². The Morgan fingerprint density at radius 2 is 2.10 bits per heavy atom. The molecule has 0 aromatic rings. The fraction of sp³-hybridized carbons (Fsp3) is 1.00. The third-order valence-electron chi connectivity index (χ3n) is 1.68. The van der Waals surface area contributed by atoms with Crippen LogP contribution in [0.2, 0.25) is 0 Å². The summed E-state index contributed by atoms with van der Waals surface area (Å²) < 4.78 is 0. The summed E-state index contributed by atoms with van der Waals surface area (Å²) >= 11 is 1.75. The van der Waals surface area contributed by atoms with E-state index in [1.807, 2.05) is 0 Å². The van der Waals surface area contributed by atoms with Gasteiger partial charge in [-0.15, -0.1) is 11.8 Å². The van der Waals surface area contributed by atoms with Crippen LogP contribution in [0.3, 0.4) is 0 Å². The first kappa shape index (κ1) is 8.33. The maximum absolute atomic E-state index is 8.76. The Morgan fingerprint density at radius 1 is 1.50 bits per heavy atom. The zero-order chi connectivity index (χ0) is 7.40. The highest BCUT2D eigenvalue weighted by atomic mass is 32.2. The van der Waals surface area contributed by atoms with Gasteiger partial charge in [0.2, 0.25) is 0 Å². The van der Waals surface area contributed by atoms with Gasteiger partial charge in [0.1, 0.15) is 5.50 Å². The van der Waals surface area contributed by atoms with Crippen LogP contribution in [0.25, 0.3) is 0 Å². The van der Waals surface area contributed by atoms with Gasteiger partial charge in [-0.05, 0) is 6.26 Å². The Labute approximate surface area is 65.6 Å². The molecule has 3 nitrogen and oxygen atoms in total. The first-order valence-electron chi connectivity index (χ1n) is 3.47. The van der Waals surface area contributed by atoms with Gasteiger partial charge >= 0.3 is 0 Å². The van der Waals surface area contributed by atoms with Crippen LogP contribution in [-0.2, 0) is 0 Å². The van der Waals surface area contributed by atoms with Crippen LogP contribution in [0.15, 0.2) is 0 Å². The van der Waals surface area contributed by atoms with Crippen LogP contribution >= 0.6 is 11.8 Å². The quantitative estimate of drug-likeness (QED) is 0.509. The molecule has 0 unspecified atom stereocenters. The Kier molecular flexibility index (Phi) is 3.48. The zero-order valence-electron chi connectivity index (χ0n) is 6.13. The van der Waals surface area contributed by atoms with Crippen molar-refractivity contribution in [2.24, 2.45) is 5.92 Å². The van der Waals surface area contributed by atoms with Gasteiger partial charge in [-0.25, -0.2) is 0 Å². The summed E-state index contributed by atoms with van der Waals surface area (Å²) in [5.74, 6) is 0.392. The molecule has 0 spiro atoms. The lowest BCUT2D eigenvalue weighted by Crippen LogP contribution is -2.51. The molecule has 0 amide bonds. The van der Waals surface area contributed by atoms with Crippen molar-refractivity contribution in [2.75, 3.05) is 26.0 Å². The van der Waals surface area contributed by atoms with Crippen LogP contribution in [0.5, 0.6) is 0 Å². The fourth-order valence-corrected chi connectivity index (χ4v) is 1.51. The first-order chi connectivity index (χ1) is 4.86. The zero-order valence-corrected chi connectivity index (χ0v) is 6.95. The van der Waals surface area contributed by atoms with Gasteiger partial charge in [-0.3, -0.25) is 10.6 Å². The molecule has 1 saturated heterocycles. The second kappa shape index (κ2) is 4.18. The molecule has 10 heavy (non-hydrogen) atoms. The van der Waals surface area contributed by atoms with E-state index in [1.54, 1.807) is 11.8 Å². The third kappa shape index (κ3) is 2.12. The molecule has 1 aliphatic heterocycles. The van der Waals surface area contributed by atoms with E-state index in [4.69, 9.17) is 5.11 Å². The van der Waals surface area contributed by atoms with Crippen molar-refractivity contribution in [1.29, 1.82) is 0 Å². The Bertz CT molecular complexity index is 81.7. The highest BCUT2D eigenvalue weighted by Gasteiger charge is 2.17. The van der Waals surface area contributed by atoms with Crippen molar-refractivity contribution < 1.29 is 5.11 Å². The summed E-state index contributed by atoms with van der Waals surface area (Å²) in [6.07, 6.45) is 2.06. The minimum Gasteiger partial charge on any atom is -0.396 e. The molecular weight excluding hydrogens is 148 g/mol. The van der Waals surface area contributed by atoms with Crippen molar-refractivity contribution in [3.8, 4) is 0 Å². The standard InChI is InChI=1S/C6H14N2OS/c1-10-6-7-2-5(4-9)3-8-6/h5-9H,2-4H2,1H3. The SMILES string of the molecule is CSC1NCC(CO)CN1. The fourth-order valence-electron chi connectivity index (χ4n) is 0.988. The van der Waals surface area contributed by atoms with E-state index in [0.717, 1.165) is 13.1 Å². The first-order valence-corrected chi connectivity index (χ1v) is 4.76. The van der Waals surface area contributed by atoms with E-state index < -0.39 is 0 Å². The molecule has 0 aliphatic carbocycles. The van der Waals surface area contributed by atoms with E-state index in [9.17, 15) is 0 Å². The van der Waals surface area contributed by atoms with Crippen LogP contribution in [0, 0.1) is 5.92 Å². The molecular formula is C6H14N2OS.